The minimum absolute atomic E-state index is 0.228. The number of hydrazine groups is 1. The average molecular weight is 305 g/mol. The molecule has 2 rings (SSSR count). The van der Waals surface area contributed by atoms with Gasteiger partial charge in [-0.3, -0.25) is 5.43 Å². The van der Waals surface area contributed by atoms with Gasteiger partial charge in [-0.25, -0.2) is 10.8 Å². The summed E-state index contributed by atoms with van der Waals surface area (Å²) < 4.78 is 43.7. The second-order valence-corrected chi connectivity index (χ2v) is 4.99. The summed E-state index contributed by atoms with van der Waals surface area (Å²) in [4.78, 5) is 9.18. The molecule has 1 aromatic rings. The summed E-state index contributed by atoms with van der Waals surface area (Å²) in [5.41, 5.74) is 1.08. The number of nitrogen functional groups attached to an aromatic ring is 1. The van der Waals surface area contributed by atoms with Crippen LogP contribution in [-0.2, 0) is 10.9 Å². The van der Waals surface area contributed by atoms with Gasteiger partial charge in [0, 0.05) is 26.3 Å². The van der Waals surface area contributed by atoms with Crippen LogP contribution in [-0.4, -0.2) is 36.8 Å². The fourth-order valence-corrected chi connectivity index (χ4v) is 2.45. The average Bonchev–Trinajstić information content (AvgIpc) is 2.46. The van der Waals surface area contributed by atoms with Crippen molar-refractivity contribution in [3.05, 3.63) is 11.8 Å². The molecular formula is C12H18F3N5O. The molecular weight excluding hydrogens is 287 g/mol. The Labute approximate surface area is 120 Å². The third-order valence-corrected chi connectivity index (χ3v) is 3.38. The second kappa shape index (κ2) is 6.44. The van der Waals surface area contributed by atoms with Crippen LogP contribution >= 0.6 is 0 Å². The third kappa shape index (κ3) is 3.94. The highest BCUT2D eigenvalue weighted by molar-refractivity contribution is 5.45. The predicted molar refractivity (Wildman–Crippen MR) is 71.7 cm³/mol. The van der Waals surface area contributed by atoms with Crippen molar-refractivity contribution < 1.29 is 17.9 Å². The summed E-state index contributed by atoms with van der Waals surface area (Å²) in [6.45, 7) is 1.83. The van der Waals surface area contributed by atoms with E-state index in [9.17, 15) is 13.2 Å². The summed E-state index contributed by atoms with van der Waals surface area (Å²) in [5, 5.41) is 0. The normalized spacial score (nSPS) is 19.7. The molecule has 0 aliphatic carbocycles. The van der Waals surface area contributed by atoms with E-state index in [1.165, 1.54) is 0 Å². The van der Waals surface area contributed by atoms with E-state index in [1.54, 1.807) is 7.11 Å². The van der Waals surface area contributed by atoms with Crippen LogP contribution in [0.15, 0.2) is 6.07 Å². The van der Waals surface area contributed by atoms with E-state index < -0.39 is 11.9 Å². The fraction of sp³-hybridized carbons (Fsp3) is 0.667. The second-order valence-electron chi connectivity index (χ2n) is 4.99. The van der Waals surface area contributed by atoms with Crippen molar-refractivity contribution in [2.45, 2.75) is 19.0 Å². The van der Waals surface area contributed by atoms with E-state index in [0.29, 0.717) is 19.7 Å². The lowest BCUT2D eigenvalue weighted by atomic mass is 9.99. The van der Waals surface area contributed by atoms with Crippen LogP contribution in [0.4, 0.5) is 24.9 Å². The lowest BCUT2D eigenvalue weighted by Gasteiger charge is -2.33. The number of methoxy groups -OCH3 is 1. The van der Waals surface area contributed by atoms with Crippen LogP contribution in [0, 0.1) is 5.92 Å². The van der Waals surface area contributed by atoms with Crippen molar-refractivity contribution in [2.24, 2.45) is 11.8 Å². The summed E-state index contributed by atoms with van der Waals surface area (Å²) in [6.07, 6.45) is -2.67. The van der Waals surface area contributed by atoms with Crippen molar-refractivity contribution in [1.29, 1.82) is 0 Å². The molecule has 1 atom stereocenters. The Hall–Kier alpha value is -1.61. The largest absolute Gasteiger partial charge is 0.433 e. The summed E-state index contributed by atoms with van der Waals surface area (Å²) in [6, 6.07) is 0.954. The van der Waals surface area contributed by atoms with Gasteiger partial charge in [0.05, 0.1) is 6.61 Å². The summed E-state index contributed by atoms with van der Waals surface area (Å²) in [7, 11) is 1.61. The summed E-state index contributed by atoms with van der Waals surface area (Å²) >= 11 is 0. The lowest BCUT2D eigenvalue weighted by Crippen LogP contribution is -2.38. The first-order chi connectivity index (χ1) is 9.94. The fourth-order valence-electron chi connectivity index (χ4n) is 2.45. The van der Waals surface area contributed by atoms with Crippen molar-refractivity contribution in [1.82, 2.24) is 9.97 Å². The van der Waals surface area contributed by atoms with Gasteiger partial charge in [-0.2, -0.15) is 18.2 Å². The maximum atomic E-state index is 12.9. The van der Waals surface area contributed by atoms with Crippen LogP contribution in [0.3, 0.4) is 0 Å². The number of hydrogen-bond donors (Lipinski definition) is 2. The zero-order valence-electron chi connectivity index (χ0n) is 11.7. The predicted octanol–water partition coefficient (Wildman–Crippen LogP) is 1.64. The molecule has 1 fully saturated rings. The molecule has 1 aliphatic heterocycles. The maximum Gasteiger partial charge on any atom is 0.433 e. The molecule has 0 radical (unpaired) electrons. The number of halogens is 3. The highest BCUT2D eigenvalue weighted by Gasteiger charge is 2.34. The molecule has 1 aliphatic rings. The molecule has 2 heterocycles. The molecule has 0 bridgehead atoms. The molecule has 1 aromatic heterocycles. The van der Waals surface area contributed by atoms with Gasteiger partial charge < -0.3 is 9.64 Å². The highest BCUT2D eigenvalue weighted by Crippen LogP contribution is 2.31. The van der Waals surface area contributed by atoms with Gasteiger partial charge in [-0.15, -0.1) is 0 Å². The van der Waals surface area contributed by atoms with Crippen molar-refractivity contribution in [3.8, 4) is 0 Å². The number of rotatable bonds is 4. The van der Waals surface area contributed by atoms with E-state index in [0.717, 1.165) is 18.9 Å². The van der Waals surface area contributed by atoms with Gasteiger partial charge in [0.25, 0.3) is 0 Å². The zero-order chi connectivity index (χ0) is 15.5. The SMILES string of the molecule is COCC1CCCN(c2cc(C(F)(F)F)nc(NN)n2)C1. The molecule has 6 nitrogen and oxygen atoms in total. The molecule has 1 unspecified atom stereocenters. The smallest absolute Gasteiger partial charge is 0.384 e. The summed E-state index contributed by atoms with van der Waals surface area (Å²) in [5.74, 6) is 5.42. The topological polar surface area (TPSA) is 76.3 Å². The quantitative estimate of drug-likeness (QED) is 0.650. The Morgan fingerprint density at radius 1 is 1.48 bits per heavy atom. The van der Waals surface area contributed by atoms with E-state index >= 15 is 0 Å². The third-order valence-electron chi connectivity index (χ3n) is 3.38. The van der Waals surface area contributed by atoms with Gasteiger partial charge >= 0.3 is 6.18 Å². The van der Waals surface area contributed by atoms with Crippen LogP contribution < -0.4 is 16.2 Å². The monoisotopic (exact) mass is 305 g/mol. The molecule has 21 heavy (non-hydrogen) atoms. The lowest BCUT2D eigenvalue weighted by molar-refractivity contribution is -0.141. The molecule has 3 N–H and O–H groups in total. The van der Waals surface area contributed by atoms with E-state index in [1.807, 2.05) is 4.90 Å². The molecule has 0 aromatic carbocycles. The van der Waals surface area contributed by atoms with Crippen LogP contribution in [0.25, 0.3) is 0 Å². The number of nitrogens with two attached hydrogens (primary N) is 1. The minimum Gasteiger partial charge on any atom is -0.384 e. The first-order valence-corrected chi connectivity index (χ1v) is 6.61. The number of anilines is 2. The van der Waals surface area contributed by atoms with Gasteiger partial charge in [-0.05, 0) is 18.8 Å². The maximum absolute atomic E-state index is 12.9. The Balaban J connectivity index is 2.25. The first kappa shape index (κ1) is 15.8. The van der Waals surface area contributed by atoms with Gasteiger partial charge in [0.1, 0.15) is 5.82 Å². The highest BCUT2D eigenvalue weighted by atomic mass is 19.4. The Bertz CT molecular complexity index is 480. The number of nitrogens with zero attached hydrogens (tertiary/aromatic N) is 3. The van der Waals surface area contributed by atoms with Gasteiger partial charge in [0.15, 0.2) is 5.69 Å². The Morgan fingerprint density at radius 3 is 2.86 bits per heavy atom. The number of aromatic nitrogens is 2. The molecule has 0 amide bonds. The zero-order valence-corrected chi connectivity index (χ0v) is 11.7. The number of nitrogens with one attached hydrogen (secondary N) is 1. The molecule has 118 valence electrons. The number of alkyl halides is 3. The van der Waals surface area contributed by atoms with Crippen LogP contribution in [0.5, 0.6) is 0 Å². The standard InChI is InChI=1S/C12H18F3N5O/c1-21-7-8-3-2-4-20(6-8)10-5-9(12(13,14)15)17-11(18-10)19-16/h5,8H,2-4,6-7,16H2,1H3,(H,17,18,19). The van der Waals surface area contributed by atoms with Crippen molar-refractivity contribution in [2.75, 3.05) is 37.1 Å². The molecule has 0 spiro atoms. The molecule has 1 saturated heterocycles. The van der Waals surface area contributed by atoms with Crippen LogP contribution in [0.2, 0.25) is 0 Å². The van der Waals surface area contributed by atoms with Crippen LogP contribution in [0.1, 0.15) is 18.5 Å². The van der Waals surface area contributed by atoms with E-state index in [-0.39, 0.29) is 17.7 Å². The van der Waals surface area contributed by atoms with E-state index in [4.69, 9.17) is 10.6 Å². The van der Waals surface area contributed by atoms with E-state index in [2.05, 4.69) is 15.4 Å². The number of hydrogen-bond acceptors (Lipinski definition) is 6. The van der Waals surface area contributed by atoms with Gasteiger partial charge in [-0.1, -0.05) is 0 Å². The Morgan fingerprint density at radius 2 is 2.24 bits per heavy atom. The molecule has 0 saturated carbocycles. The first-order valence-electron chi connectivity index (χ1n) is 6.61. The Kier molecular flexibility index (Phi) is 4.84. The number of piperidine rings is 1. The van der Waals surface area contributed by atoms with Gasteiger partial charge in [0.2, 0.25) is 5.95 Å². The van der Waals surface area contributed by atoms with Crippen molar-refractivity contribution >= 4 is 11.8 Å². The molecule has 9 heteroatoms. The minimum atomic E-state index is -4.54. The van der Waals surface area contributed by atoms with Crippen molar-refractivity contribution in [3.63, 3.8) is 0 Å². The number of ether oxygens (including phenoxy) is 1.